The van der Waals surface area contributed by atoms with Gasteiger partial charge in [-0.1, -0.05) is 15.9 Å². The fraction of sp³-hybridized carbons (Fsp3) is 0.300. The van der Waals surface area contributed by atoms with Gasteiger partial charge in [0.15, 0.2) is 5.82 Å². The van der Waals surface area contributed by atoms with Gasteiger partial charge in [-0.25, -0.2) is 0 Å². The lowest BCUT2D eigenvalue weighted by Gasteiger charge is -2.01. The van der Waals surface area contributed by atoms with Crippen molar-refractivity contribution in [2.75, 3.05) is 6.54 Å². The van der Waals surface area contributed by atoms with Crippen LogP contribution in [-0.4, -0.2) is 26.8 Å². The minimum Gasteiger partial charge on any atom is -0.330 e. The van der Waals surface area contributed by atoms with Gasteiger partial charge in [0.1, 0.15) is 0 Å². The highest BCUT2D eigenvalue weighted by molar-refractivity contribution is 9.10. The maximum Gasteiger partial charge on any atom is 0.176 e. The second-order valence-electron chi connectivity index (χ2n) is 3.47. The molecular formula is C10H12BrN5. The van der Waals surface area contributed by atoms with Crippen LogP contribution in [0.2, 0.25) is 0 Å². The van der Waals surface area contributed by atoms with Gasteiger partial charge in [0.25, 0.3) is 0 Å². The molecule has 0 saturated heterocycles. The Bertz CT molecular complexity index is 494. The quantitative estimate of drug-likeness (QED) is 0.919. The molecule has 0 aliphatic rings. The second kappa shape index (κ2) is 4.71. The van der Waals surface area contributed by atoms with Gasteiger partial charge in [-0.05, 0) is 42.4 Å². The summed E-state index contributed by atoms with van der Waals surface area (Å²) < 4.78 is 1.07. The highest BCUT2D eigenvalue weighted by Gasteiger charge is 2.05. The van der Waals surface area contributed by atoms with Gasteiger partial charge in [0.05, 0.1) is 5.69 Å². The third-order valence-electron chi connectivity index (χ3n) is 2.20. The Morgan fingerprint density at radius 2 is 2.25 bits per heavy atom. The molecule has 2 rings (SSSR count). The third kappa shape index (κ3) is 2.28. The summed E-state index contributed by atoms with van der Waals surface area (Å²) in [7, 11) is 0. The van der Waals surface area contributed by atoms with Crippen molar-refractivity contribution in [1.29, 1.82) is 0 Å². The standard InChI is InChI=1S/C10H12BrN5/c1-7-6-8(2-3-9(7)11)16-14-10(4-5-12)13-15-16/h2-3,6H,4-5,12H2,1H3. The number of rotatable bonds is 3. The minimum atomic E-state index is 0.533. The van der Waals surface area contributed by atoms with E-state index in [4.69, 9.17) is 5.73 Å². The summed E-state index contributed by atoms with van der Waals surface area (Å²) in [6, 6.07) is 5.90. The second-order valence-corrected chi connectivity index (χ2v) is 4.32. The maximum atomic E-state index is 5.43. The van der Waals surface area contributed by atoms with E-state index in [-0.39, 0.29) is 0 Å². The summed E-state index contributed by atoms with van der Waals surface area (Å²) in [6.07, 6.45) is 0.648. The molecule has 5 nitrogen and oxygen atoms in total. The predicted molar refractivity (Wildman–Crippen MR) is 64.3 cm³/mol. The van der Waals surface area contributed by atoms with E-state index in [0.717, 1.165) is 15.7 Å². The molecule has 0 spiro atoms. The molecule has 2 aromatic rings. The summed E-state index contributed by atoms with van der Waals surface area (Å²) in [5.41, 5.74) is 7.46. The number of hydrogen-bond acceptors (Lipinski definition) is 4. The molecule has 16 heavy (non-hydrogen) atoms. The van der Waals surface area contributed by atoms with Crippen molar-refractivity contribution in [3.63, 3.8) is 0 Å². The van der Waals surface area contributed by atoms with Crippen LogP contribution in [0.1, 0.15) is 11.4 Å². The van der Waals surface area contributed by atoms with Crippen LogP contribution >= 0.6 is 15.9 Å². The van der Waals surface area contributed by atoms with Gasteiger partial charge >= 0.3 is 0 Å². The van der Waals surface area contributed by atoms with Crippen molar-refractivity contribution in [2.24, 2.45) is 5.73 Å². The first kappa shape index (κ1) is 11.2. The van der Waals surface area contributed by atoms with E-state index in [1.807, 2.05) is 25.1 Å². The SMILES string of the molecule is Cc1cc(-n2nnc(CCN)n2)ccc1Br. The van der Waals surface area contributed by atoms with Crippen LogP contribution in [0.4, 0.5) is 0 Å². The fourth-order valence-electron chi connectivity index (χ4n) is 1.34. The molecule has 0 radical (unpaired) electrons. The Kier molecular flexibility index (Phi) is 3.31. The Balaban J connectivity index is 2.31. The van der Waals surface area contributed by atoms with Crippen molar-refractivity contribution >= 4 is 15.9 Å². The van der Waals surface area contributed by atoms with Gasteiger partial charge in [-0.2, -0.15) is 0 Å². The molecule has 0 saturated carbocycles. The van der Waals surface area contributed by atoms with Crippen molar-refractivity contribution in [3.8, 4) is 5.69 Å². The zero-order chi connectivity index (χ0) is 11.5. The molecule has 1 aromatic carbocycles. The molecule has 0 atom stereocenters. The monoisotopic (exact) mass is 281 g/mol. The van der Waals surface area contributed by atoms with Gasteiger partial charge in [-0.15, -0.1) is 15.0 Å². The van der Waals surface area contributed by atoms with Crippen LogP contribution in [0.25, 0.3) is 5.69 Å². The zero-order valence-corrected chi connectivity index (χ0v) is 10.5. The van der Waals surface area contributed by atoms with Crippen LogP contribution in [0.5, 0.6) is 0 Å². The molecule has 2 N–H and O–H groups in total. The largest absolute Gasteiger partial charge is 0.330 e. The first-order valence-corrected chi connectivity index (χ1v) is 5.75. The van der Waals surface area contributed by atoms with E-state index in [9.17, 15) is 0 Å². The van der Waals surface area contributed by atoms with Crippen molar-refractivity contribution < 1.29 is 0 Å². The Hall–Kier alpha value is -1.27. The number of hydrogen-bond donors (Lipinski definition) is 1. The maximum absolute atomic E-state index is 5.43. The lowest BCUT2D eigenvalue weighted by atomic mass is 10.2. The molecule has 1 aromatic heterocycles. The number of aryl methyl sites for hydroxylation is 1. The van der Waals surface area contributed by atoms with E-state index in [1.165, 1.54) is 4.80 Å². The van der Waals surface area contributed by atoms with E-state index < -0.39 is 0 Å². The number of nitrogens with two attached hydrogens (primary N) is 1. The Morgan fingerprint density at radius 3 is 2.94 bits per heavy atom. The minimum absolute atomic E-state index is 0.533. The molecule has 1 heterocycles. The highest BCUT2D eigenvalue weighted by atomic mass is 79.9. The lowest BCUT2D eigenvalue weighted by Crippen LogP contribution is -2.05. The fourth-order valence-corrected chi connectivity index (χ4v) is 1.58. The molecule has 84 valence electrons. The summed E-state index contributed by atoms with van der Waals surface area (Å²) >= 11 is 3.45. The average Bonchev–Trinajstić information content (AvgIpc) is 2.71. The molecular weight excluding hydrogens is 270 g/mol. The topological polar surface area (TPSA) is 69.6 Å². The average molecular weight is 282 g/mol. The molecule has 0 aliphatic carbocycles. The molecule has 0 amide bonds. The normalized spacial score (nSPS) is 10.7. The van der Waals surface area contributed by atoms with E-state index in [0.29, 0.717) is 18.8 Å². The number of benzene rings is 1. The lowest BCUT2D eigenvalue weighted by molar-refractivity contribution is 0.716. The van der Waals surface area contributed by atoms with Crippen molar-refractivity contribution in [1.82, 2.24) is 20.2 Å². The van der Waals surface area contributed by atoms with E-state index in [2.05, 4.69) is 31.3 Å². The highest BCUT2D eigenvalue weighted by Crippen LogP contribution is 2.18. The Labute approximate surface area is 102 Å². The van der Waals surface area contributed by atoms with E-state index >= 15 is 0 Å². The van der Waals surface area contributed by atoms with Gasteiger partial charge in [0.2, 0.25) is 0 Å². The van der Waals surface area contributed by atoms with Crippen LogP contribution in [0.3, 0.4) is 0 Å². The number of halogens is 1. The molecule has 0 fully saturated rings. The Morgan fingerprint density at radius 1 is 1.44 bits per heavy atom. The summed E-state index contributed by atoms with van der Waals surface area (Å²) in [5.74, 6) is 0.670. The third-order valence-corrected chi connectivity index (χ3v) is 3.09. The first-order chi connectivity index (χ1) is 7.70. The van der Waals surface area contributed by atoms with Gasteiger partial charge < -0.3 is 5.73 Å². The summed E-state index contributed by atoms with van der Waals surface area (Å²) in [5, 5.41) is 12.1. The van der Waals surface area contributed by atoms with Crippen molar-refractivity contribution in [2.45, 2.75) is 13.3 Å². The van der Waals surface area contributed by atoms with Gasteiger partial charge in [-0.3, -0.25) is 0 Å². The van der Waals surface area contributed by atoms with Gasteiger partial charge in [0, 0.05) is 10.9 Å². The predicted octanol–water partition coefficient (Wildman–Crippen LogP) is 1.23. The number of nitrogens with zero attached hydrogens (tertiary/aromatic N) is 4. The van der Waals surface area contributed by atoms with E-state index in [1.54, 1.807) is 0 Å². The summed E-state index contributed by atoms with van der Waals surface area (Å²) in [6.45, 7) is 2.55. The number of tetrazole rings is 1. The van der Waals surface area contributed by atoms with Crippen LogP contribution in [0.15, 0.2) is 22.7 Å². The smallest absolute Gasteiger partial charge is 0.176 e. The van der Waals surface area contributed by atoms with Crippen LogP contribution < -0.4 is 5.73 Å². The molecule has 0 unspecified atom stereocenters. The number of aromatic nitrogens is 4. The van der Waals surface area contributed by atoms with Crippen LogP contribution in [-0.2, 0) is 6.42 Å². The first-order valence-electron chi connectivity index (χ1n) is 4.96. The summed E-state index contributed by atoms with van der Waals surface area (Å²) in [4.78, 5) is 1.52. The zero-order valence-electron chi connectivity index (χ0n) is 8.89. The van der Waals surface area contributed by atoms with Crippen LogP contribution in [0, 0.1) is 6.92 Å². The van der Waals surface area contributed by atoms with Crippen molar-refractivity contribution in [3.05, 3.63) is 34.1 Å². The molecule has 0 bridgehead atoms. The molecule has 0 aliphatic heterocycles. The molecule has 6 heteroatoms.